The van der Waals surface area contributed by atoms with Crippen molar-refractivity contribution in [2.45, 2.75) is 58.5 Å². The zero-order valence-electron chi connectivity index (χ0n) is 15.3. The predicted molar refractivity (Wildman–Crippen MR) is 102 cm³/mol. The van der Waals surface area contributed by atoms with E-state index in [1.807, 2.05) is 30.3 Å². The number of rotatable bonds is 7. The van der Waals surface area contributed by atoms with Crippen molar-refractivity contribution in [3.63, 3.8) is 0 Å². The topological polar surface area (TPSA) is 29.5 Å². The maximum Gasteiger partial charge on any atom is 0.338 e. The zero-order valence-corrected chi connectivity index (χ0v) is 16.1. The van der Waals surface area contributed by atoms with Crippen LogP contribution in [-0.2, 0) is 4.74 Å². The molecule has 0 spiro atoms. The number of nitrogens with zero attached hydrogens (tertiary/aromatic N) is 1. The van der Waals surface area contributed by atoms with E-state index >= 15 is 0 Å². The molecule has 136 valence electrons. The number of carbonyl (C=O) groups excluding carboxylic acids is 1. The van der Waals surface area contributed by atoms with E-state index in [4.69, 9.17) is 4.74 Å². The number of carbonyl (C=O) groups is 1. The number of ether oxygens (including phenoxy) is 1. The second-order valence-electron chi connectivity index (χ2n) is 6.60. The van der Waals surface area contributed by atoms with Gasteiger partial charge in [-0.15, -0.1) is 12.4 Å². The molecule has 3 nitrogen and oxygen atoms in total. The summed E-state index contributed by atoms with van der Waals surface area (Å²) in [5.74, 6) is 0.271. The smallest absolute Gasteiger partial charge is 0.338 e. The molecule has 0 bridgehead atoms. The minimum atomic E-state index is -0.298. The van der Waals surface area contributed by atoms with E-state index in [0.29, 0.717) is 11.5 Å². The molecule has 0 heterocycles. The Kier molecular flexibility index (Phi) is 8.79. The third-order valence-corrected chi connectivity index (χ3v) is 5.42. The van der Waals surface area contributed by atoms with Crippen molar-refractivity contribution in [3.8, 4) is 0 Å². The normalized spacial score (nSPS) is 23.6. The number of halogens is 1. The summed E-state index contributed by atoms with van der Waals surface area (Å²) in [4.78, 5) is 15.1. The van der Waals surface area contributed by atoms with Crippen molar-refractivity contribution in [3.05, 3.63) is 35.9 Å². The Labute approximate surface area is 153 Å². The standard InChI is InChI=1S/C20H31NO2.ClH/c1-4-20(23-19(22)17-12-8-7-9-13-17)15-11-10-14-18(20)16-21(5-2)6-3;/h7-9,12-13,18H,4-6,10-11,14-16H2,1-3H3;1H. The van der Waals surface area contributed by atoms with Gasteiger partial charge in [0.05, 0.1) is 5.56 Å². The lowest BCUT2D eigenvalue weighted by Crippen LogP contribution is -2.49. The lowest BCUT2D eigenvalue weighted by atomic mass is 9.73. The summed E-state index contributed by atoms with van der Waals surface area (Å²) in [6.07, 6.45) is 5.46. The fourth-order valence-electron chi connectivity index (χ4n) is 3.82. The van der Waals surface area contributed by atoms with Crippen molar-refractivity contribution in [1.82, 2.24) is 4.90 Å². The van der Waals surface area contributed by atoms with E-state index in [-0.39, 0.29) is 24.0 Å². The molecule has 0 N–H and O–H groups in total. The van der Waals surface area contributed by atoms with Gasteiger partial charge in [0.1, 0.15) is 5.60 Å². The van der Waals surface area contributed by atoms with Crippen LogP contribution in [0.15, 0.2) is 30.3 Å². The molecule has 1 fully saturated rings. The molecule has 0 radical (unpaired) electrons. The fourth-order valence-corrected chi connectivity index (χ4v) is 3.82. The second kappa shape index (κ2) is 10.0. The highest BCUT2D eigenvalue weighted by atomic mass is 35.5. The minimum absolute atomic E-state index is 0. The van der Waals surface area contributed by atoms with E-state index in [0.717, 1.165) is 45.3 Å². The fraction of sp³-hybridized carbons (Fsp3) is 0.650. The molecular formula is C20H32ClNO2. The molecule has 1 aromatic rings. The number of hydrogen-bond acceptors (Lipinski definition) is 3. The van der Waals surface area contributed by atoms with E-state index in [1.54, 1.807) is 0 Å². The molecule has 1 aliphatic carbocycles. The maximum atomic E-state index is 12.6. The monoisotopic (exact) mass is 353 g/mol. The molecule has 2 rings (SSSR count). The molecule has 0 aromatic heterocycles. The molecule has 1 aromatic carbocycles. The van der Waals surface area contributed by atoms with Crippen molar-refractivity contribution >= 4 is 18.4 Å². The van der Waals surface area contributed by atoms with E-state index in [2.05, 4.69) is 25.7 Å². The Balaban J connectivity index is 0.00000288. The van der Waals surface area contributed by atoms with Gasteiger partial charge >= 0.3 is 5.97 Å². The summed E-state index contributed by atoms with van der Waals surface area (Å²) in [5.41, 5.74) is 0.362. The lowest BCUT2D eigenvalue weighted by Gasteiger charge is -2.44. The van der Waals surface area contributed by atoms with Crippen molar-refractivity contribution < 1.29 is 9.53 Å². The third kappa shape index (κ3) is 4.97. The highest BCUT2D eigenvalue weighted by Gasteiger charge is 2.43. The van der Waals surface area contributed by atoms with Crippen LogP contribution in [0, 0.1) is 5.92 Å². The van der Waals surface area contributed by atoms with Crippen molar-refractivity contribution in [2.24, 2.45) is 5.92 Å². The Morgan fingerprint density at radius 1 is 1.17 bits per heavy atom. The van der Waals surface area contributed by atoms with E-state index < -0.39 is 0 Å². The minimum Gasteiger partial charge on any atom is -0.455 e. The van der Waals surface area contributed by atoms with Gasteiger partial charge in [-0.3, -0.25) is 0 Å². The quantitative estimate of drug-likeness (QED) is 0.650. The summed E-state index contributed by atoms with van der Waals surface area (Å²) in [7, 11) is 0. The first-order valence-electron chi connectivity index (χ1n) is 9.16. The van der Waals surface area contributed by atoms with Gasteiger partial charge in [0.25, 0.3) is 0 Å². The van der Waals surface area contributed by atoms with Crippen LogP contribution < -0.4 is 0 Å². The Morgan fingerprint density at radius 2 is 1.83 bits per heavy atom. The summed E-state index contributed by atoms with van der Waals surface area (Å²) < 4.78 is 6.15. The van der Waals surface area contributed by atoms with Gasteiger partial charge in [-0.25, -0.2) is 4.79 Å². The van der Waals surface area contributed by atoms with Crippen LogP contribution in [0.2, 0.25) is 0 Å². The first-order valence-corrected chi connectivity index (χ1v) is 9.16. The molecule has 0 saturated heterocycles. The lowest BCUT2D eigenvalue weighted by molar-refractivity contribution is -0.0812. The highest BCUT2D eigenvalue weighted by Crippen LogP contribution is 2.40. The van der Waals surface area contributed by atoms with Gasteiger partial charge < -0.3 is 9.64 Å². The average molecular weight is 354 g/mol. The van der Waals surface area contributed by atoms with Crippen LogP contribution >= 0.6 is 12.4 Å². The molecule has 0 amide bonds. The van der Waals surface area contributed by atoms with Gasteiger partial charge in [0, 0.05) is 12.5 Å². The van der Waals surface area contributed by atoms with Gasteiger partial charge in [-0.1, -0.05) is 45.4 Å². The third-order valence-electron chi connectivity index (χ3n) is 5.42. The zero-order chi connectivity index (χ0) is 16.7. The van der Waals surface area contributed by atoms with Crippen LogP contribution in [0.25, 0.3) is 0 Å². The SMILES string of the molecule is CCN(CC)CC1CCCCC1(CC)OC(=O)c1ccccc1.Cl. The Morgan fingerprint density at radius 3 is 2.42 bits per heavy atom. The van der Waals surface area contributed by atoms with Crippen LogP contribution in [0.1, 0.15) is 63.2 Å². The van der Waals surface area contributed by atoms with E-state index in [1.165, 1.54) is 6.42 Å². The largest absolute Gasteiger partial charge is 0.455 e. The molecule has 4 heteroatoms. The number of hydrogen-bond donors (Lipinski definition) is 0. The summed E-state index contributed by atoms with van der Waals surface area (Å²) in [6, 6.07) is 9.39. The average Bonchev–Trinajstić information content (AvgIpc) is 2.61. The first kappa shape index (κ1) is 21.0. The van der Waals surface area contributed by atoms with Gasteiger partial charge in [0.2, 0.25) is 0 Å². The first-order chi connectivity index (χ1) is 11.1. The maximum absolute atomic E-state index is 12.6. The number of benzene rings is 1. The van der Waals surface area contributed by atoms with Crippen LogP contribution in [0.5, 0.6) is 0 Å². The molecule has 24 heavy (non-hydrogen) atoms. The van der Waals surface area contributed by atoms with E-state index in [9.17, 15) is 4.79 Å². The van der Waals surface area contributed by atoms with Crippen molar-refractivity contribution in [1.29, 1.82) is 0 Å². The van der Waals surface area contributed by atoms with Gasteiger partial charge in [-0.2, -0.15) is 0 Å². The van der Waals surface area contributed by atoms with Crippen LogP contribution in [0.4, 0.5) is 0 Å². The van der Waals surface area contributed by atoms with Gasteiger partial charge in [-0.05, 0) is 50.9 Å². The Bertz CT molecular complexity index is 490. The highest BCUT2D eigenvalue weighted by molar-refractivity contribution is 5.89. The molecule has 2 unspecified atom stereocenters. The van der Waals surface area contributed by atoms with Crippen LogP contribution in [0.3, 0.4) is 0 Å². The van der Waals surface area contributed by atoms with Gasteiger partial charge in [0.15, 0.2) is 0 Å². The molecular weight excluding hydrogens is 322 g/mol. The number of esters is 1. The predicted octanol–water partition coefficient (Wildman–Crippen LogP) is 4.95. The summed E-state index contributed by atoms with van der Waals surface area (Å²) in [5, 5.41) is 0. The molecule has 0 aliphatic heterocycles. The molecule has 2 atom stereocenters. The Hall–Kier alpha value is -1.06. The second-order valence-corrected chi connectivity index (χ2v) is 6.60. The summed E-state index contributed by atoms with van der Waals surface area (Å²) in [6.45, 7) is 9.71. The molecule has 1 aliphatic rings. The molecule has 1 saturated carbocycles. The van der Waals surface area contributed by atoms with Crippen LogP contribution in [-0.4, -0.2) is 36.1 Å². The van der Waals surface area contributed by atoms with Crippen molar-refractivity contribution in [2.75, 3.05) is 19.6 Å². The summed E-state index contributed by atoms with van der Waals surface area (Å²) >= 11 is 0.